The zero-order valence-electron chi connectivity index (χ0n) is 13.6. The van der Waals surface area contributed by atoms with Gasteiger partial charge in [-0.25, -0.2) is 9.97 Å². The van der Waals surface area contributed by atoms with Crippen LogP contribution in [-0.4, -0.2) is 53.8 Å². The predicted molar refractivity (Wildman–Crippen MR) is 89.9 cm³/mol. The van der Waals surface area contributed by atoms with Crippen molar-refractivity contribution < 1.29 is 9.47 Å². The third-order valence-corrected chi connectivity index (χ3v) is 4.09. The summed E-state index contributed by atoms with van der Waals surface area (Å²) in [7, 11) is 0. The number of hydrogen-bond acceptors (Lipinski definition) is 6. The van der Waals surface area contributed by atoms with Gasteiger partial charge in [0.15, 0.2) is 0 Å². The molecule has 2 heterocycles. The maximum atomic E-state index is 5.92. The van der Waals surface area contributed by atoms with E-state index in [0.29, 0.717) is 25.1 Å². The highest BCUT2D eigenvalue weighted by Crippen LogP contribution is 2.20. The first-order valence-electron chi connectivity index (χ1n) is 8.25. The van der Waals surface area contributed by atoms with E-state index in [0.717, 1.165) is 49.3 Å². The number of aromatic nitrogens is 2. The van der Waals surface area contributed by atoms with Crippen molar-refractivity contribution in [2.45, 2.75) is 25.8 Å². The molecule has 0 unspecified atom stereocenters. The molecule has 0 aliphatic carbocycles. The van der Waals surface area contributed by atoms with E-state index >= 15 is 0 Å². The van der Waals surface area contributed by atoms with Gasteiger partial charge in [0.05, 0.1) is 23.8 Å². The van der Waals surface area contributed by atoms with E-state index in [1.165, 1.54) is 0 Å². The molecule has 0 spiro atoms. The molecule has 3 rings (SSSR count). The molecule has 0 atom stereocenters. The van der Waals surface area contributed by atoms with E-state index in [-0.39, 0.29) is 0 Å². The Kier molecular flexibility index (Phi) is 5.25. The van der Waals surface area contributed by atoms with Crippen LogP contribution in [0.15, 0.2) is 24.4 Å². The van der Waals surface area contributed by atoms with Gasteiger partial charge in [-0.3, -0.25) is 4.90 Å². The summed E-state index contributed by atoms with van der Waals surface area (Å²) in [5.74, 6) is 1.36. The number of nitrogens with zero attached hydrogens (tertiary/aromatic N) is 3. The monoisotopic (exact) mass is 316 g/mol. The van der Waals surface area contributed by atoms with Gasteiger partial charge in [0, 0.05) is 18.7 Å². The van der Waals surface area contributed by atoms with E-state index in [1.54, 1.807) is 6.20 Å². The van der Waals surface area contributed by atoms with Crippen LogP contribution in [0.4, 0.5) is 0 Å². The molecule has 0 saturated carbocycles. The van der Waals surface area contributed by atoms with E-state index in [2.05, 4.69) is 14.9 Å². The lowest BCUT2D eigenvalue weighted by molar-refractivity contribution is 0.171. The lowest BCUT2D eigenvalue weighted by Crippen LogP contribution is -2.41. The summed E-state index contributed by atoms with van der Waals surface area (Å²) in [6, 6.07) is 6.07. The molecule has 6 nitrogen and oxygen atoms in total. The number of benzene rings is 1. The van der Waals surface area contributed by atoms with Crippen molar-refractivity contribution in [2.24, 2.45) is 5.73 Å². The van der Waals surface area contributed by atoms with Crippen molar-refractivity contribution in [3.63, 3.8) is 0 Å². The first-order valence-corrected chi connectivity index (χ1v) is 8.25. The van der Waals surface area contributed by atoms with Crippen LogP contribution in [0.5, 0.6) is 11.6 Å². The largest absolute Gasteiger partial charge is 0.494 e. The maximum Gasteiger partial charge on any atom is 0.232 e. The van der Waals surface area contributed by atoms with E-state index in [4.69, 9.17) is 15.2 Å². The molecule has 6 heteroatoms. The molecule has 1 saturated heterocycles. The Morgan fingerprint density at radius 2 is 2.04 bits per heavy atom. The second-order valence-corrected chi connectivity index (χ2v) is 5.82. The fourth-order valence-corrected chi connectivity index (χ4v) is 2.76. The summed E-state index contributed by atoms with van der Waals surface area (Å²) in [5, 5.41) is 0. The van der Waals surface area contributed by atoms with Crippen molar-refractivity contribution in [3.05, 3.63) is 24.4 Å². The van der Waals surface area contributed by atoms with Gasteiger partial charge in [-0.05, 0) is 45.0 Å². The molecule has 0 bridgehead atoms. The van der Waals surface area contributed by atoms with Crippen LogP contribution in [-0.2, 0) is 0 Å². The molecule has 1 aromatic heterocycles. The lowest BCUT2D eigenvalue weighted by atomic mass is 10.1. The Bertz CT molecular complexity index is 642. The smallest absolute Gasteiger partial charge is 0.232 e. The summed E-state index contributed by atoms with van der Waals surface area (Å²) in [6.07, 6.45) is 3.81. The van der Waals surface area contributed by atoms with Crippen molar-refractivity contribution >= 4 is 11.0 Å². The molecule has 2 N–H and O–H groups in total. The third kappa shape index (κ3) is 4.30. The number of ether oxygens (including phenoxy) is 2. The van der Waals surface area contributed by atoms with Crippen molar-refractivity contribution in [1.82, 2.24) is 14.9 Å². The number of nitrogens with two attached hydrogens (primary N) is 1. The molecule has 1 fully saturated rings. The van der Waals surface area contributed by atoms with Gasteiger partial charge < -0.3 is 15.2 Å². The van der Waals surface area contributed by atoms with Crippen LogP contribution in [0.25, 0.3) is 11.0 Å². The van der Waals surface area contributed by atoms with Gasteiger partial charge in [-0.2, -0.15) is 0 Å². The summed E-state index contributed by atoms with van der Waals surface area (Å²) in [4.78, 5) is 11.3. The summed E-state index contributed by atoms with van der Waals surface area (Å²) >= 11 is 0. The average Bonchev–Trinajstić information content (AvgIpc) is 2.57. The van der Waals surface area contributed by atoms with Crippen LogP contribution >= 0.6 is 0 Å². The van der Waals surface area contributed by atoms with Crippen LogP contribution in [0.1, 0.15) is 19.8 Å². The molecule has 23 heavy (non-hydrogen) atoms. The highest BCUT2D eigenvalue weighted by atomic mass is 16.5. The van der Waals surface area contributed by atoms with Crippen LogP contribution in [0.3, 0.4) is 0 Å². The Labute approximate surface area is 136 Å². The molecule has 1 aromatic carbocycles. The van der Waals surface area contributed by atoms with Gasteiger partial charge in [0.2, 0.25) is 5.88 Å². The molecule has 1 aliphatic heterocycles. The Hall–Kier alpha value is -1.92. The van der Waals surface area contributed by atoms with E-state index < -0.39 is 0 Å². The summed E-state index contributed by atoms with van der Waals surface area (Å²) in [5.41, 5.74) is 7.54. The van der Waals surface area contributed by atoms with E-state index in [9.17, 15) is 0 Å². The van der Waals surface area contributed by atoms with Gasteiger partial charge >= 0.3 is 0 Å². The van der Waals surface area contributed by atoms with Crippen LogP contribution in [0.2, 0.25) is 0 Å². The molecule has 0 amide bonds. The lowest BCUT2D eigenvalue weighted by Gasteiger charge is -2.29. The number of likely N-dealkylation sites (tertiary alicyclic amines) is 1. The number of fused-ring (bicyclic) bond motifs is 1. The summed E-state index contributed by atoms with van der Waals surface area (Å²) in [6.45, 7) is 6.20. The first kappa shape index (κ1) is 16.0. The molecule has 0 radical (unpaired) electrons. The minimum absolute atomic E-state index is 0.359. The zero-order chi connectivity index (χ0) is 16.1. The second-order valence-electron chi connectivity index (χ2n) is 5.82. The van der Waals surface area contributed by atoms with Crippen molar-refractivity contribution in [2.75, 3.05) is 32.8 Å². The first-order chi connectivity index (χ1) is 11.2. The van der Waals surface area contributed by atoms with Crippen LogP contribution in [0, 0.1) is 0 Å². The molecule has 124 valence electrons. The number of piperidine rings is 1. The molecular formula is C17H24N4O2. The normalized spacial score (nSPS) is 16.6. The zero-order valence-corrected chi connectivity index (χ0v) is 13.6. The highest BCUT2D eigenvalue weighted by molar-refractivity contribution is 5.76. The SMILES string of the molecule is CCOc1ccc2ncc(OCCN3CCC(N)CC3)nc2c1. The predicted octanol–water partition coefficient (Wildman–Crippen LogP) is 1.83. The fraction of sp³-hybridized carbons (Fsp3) is 0.529. The van der Waals surface area contributed by atoms with Gasteiger partial charge in [0.1, 0.15) is 12.4 Å². The minimum atomic E-state index is 0.359. The third-order valence-electron chi connectivity index (χ3n) is 4.09. The Morgan fingerprint density at radius 1 is 1.22 bits per heavy atom. The second kappa shape index (κ2) is 7.57. The van der Waals surface area contributed by atoms with Crippen LogP contribution < -0.4 is 15.2 Å². The number of hydrogen-bond donors (Lipinski definition) is 1. The molecule has 2 aromatic rings. The quantitative estimate of drug-likeness (QED) is 0.876. The molecular weight excluding hydrogens is 292 g/mol. The maximum absolute atomic E-state index is 5.92. The Morgan fingerprint density at radius 3 is 2.83 bits per heavy atom. The van der Waals surface area contributed by atoms with Gasteiger partial charge in [-0.1, -0.05) is 0 Å². The van der Waals surface area contributed by atoms with Crippen molar-refractivity contribution in [1.29, 1.82) is 0 Å². The van der Waals surface area contributed by atoms with Gasteiger partial charge in [-0.15, -0.1) is 0 Å². The standard InChI is InChI=1S/C17H24N4O2/c1-2-22-14-3-4-15-16(11-14)20-17(12-19-15)23-10-9-21-7-5-13(18)6-8-21/h3-4,11-13H,2,5-10,18H2,1H3. The average molecular weight is 316 g/mol. The number of rotatable bonds is 6. The highest BCUT2D eigenvalue weighted by Gasteiger charge is 2.15. The molecule has 1 aliphatic rings. The Balaban J connectivity index is 1.57. The van der Waals surface area contributed by atoms with Gasteiger partial charge in [0.25, 0.3) is 0 Å². The minimum Gasteiger partial charge on any atom is -0.494 e. The topological polar surface area (TPSA) is 73.5 Å². The fourth-order valence-electron chi connectivity index (χ4n) is 2.76. The van der Waals surface area contributed by atoms with E-state index in [1.807, 2.05) is 25.1 Å². The summed E-state index contributed by atoms with van der Waals surface area (Å²) < 4.78 is 11.3. The van der Waals surface area contributed by atoms with Crippen molar-refractivity contribution in [3.8, 4) is 11.6 Å².